The van der Waals surface area contributed by atoms with Crippen molar-refractivity contribution in [2.75, 3.05) is 12.4 Å². The molecular weight excluding hydrogens is 386 g/mol. The van der Waals surface area contributed by atoms with Crippen molar-refractivity contribution in [1.82, 2.24) is 9.88 Å². The number of amides is 1. The molecule has 0 spiro atoms. The molecule has 2 heterocycles. The van der Waals surface area contributed by atoms with Crippen molar-refractivity contribution in [1.29, 1.82) is 0 Å². The summed E-state index contributed by atoms with van der Waals surface area (Å²) in [5, 5.41) is 4.99. The number of pyridine rings is 1. The fourth-order valence-electron chi connectivity index (χ4n) is 3.70. The Kier molecular flexibility index (Phi) is 4.87. The molecular formula is C23H24ClN3O2. The van der Waals surface area contributed by atoms with Crippen LogP contribution in [-0.4, -0.2) is 28.4 Å². The van der Waals surface area contributed by atoms with E-state index in [1.807, 2.05) is 68.1 Å². The summed E-state index contributed by atoms with van der Waals surface area (Å²) >= 11 is 6.27. The van der Waals surface area contributed by atoms with Gasteiger partial charge in [-0.2, -0.15) is 0 Å². The number of hydrogen-bond donors (Lipinski definition) is 1. The number of carbonyl (C=O) groups excluding carboxylic acids is 1. The molecule has 29 heavy (non-hydrogen) atoms. The normalized spacial score (nSPS) is 13.7. The summed E-state index contributed by atoms with van der Waals surface area (Å²) < 4.78 is 5.23. The summed E-state index contributed by atoms with van der Waals surface area (Å²) in [6.45, 7) is 7.19. The number of fused-ring (bicyclic) bond motifs is 2. The third-order valence-corrected chi connectivity index (χ3v) is 5.52. The predicted molar refractivity (Wildman–Crippen MR) is 117 cm³/mol. The quantitative estimate of drug-likeness (QED) is 0.638. The van der Waals surface area contributed by atoms with Gasteiger partial charge in [0.2, 0.25) is 0 Å². The molecule has 5 nitrogen and oxygen atoms in total. The Morgan fingerprint density at radius 3 is 2.66 bits per heavy atom. The van der Waals surface area contributed by atoms with E-state index in [-0.39, 0.29) is 11.4 Å². The van der Waals surface area contributed by atoms with E-state index in [4.69, 9.17) is 21.3 Å². The highest BCUT2D eigenvalue weighted by Gasteiger charge is 2.38. The lowest BCUT2D eigenvalue weighted by Crippen LogP contribution is -2.41. The van der Waals surface area contributed by atoms with Crippen LogP contribution in [0.2, 0.25) is 5.02 Å². The zero-order valence-corrected chi connectivity index (χ0v) is 17.8. The fourth-order valence-corrected chi connectivity index (χ4v) is 3.98. The van der Waals surface area contributed by atoms with Crippen molar-refractivity contribution >= 4 is 34.1 Å². The Hall–Kier alpha value is -2.79. The van der Waals surface area contributed by atoms with E-state index in [1.54, 1.807) is 7.11 Å². The maximum atomic E-state index is 13.3. The molecule has 0 bridgehead atoms. The molecule has 0 atom stereocenters. The second kappa shape index (κ2) is 7.23. The van der Waals surface area contributed by atoms with E-state index in [2.05, 4.69) is 5.32 Å². The lowest BCUT2D eigenvalue weighted by molar-refractivity contribution is 0.0609. The van der Waals surface area contributed by atoms with Crippen LogP contribution in [0.4, 0.5) is 5.69 Å². The minimum absolute atomic E-state index is 0.0148. The van der Waals surface area contributed by atoms with E-state index < -0.39 is 0 Å². The van der Waals surface area contributed by atoms with Crippen molar-refractivity contribution in [2.45, 2.75) is 39.4 Å². The first kappa shape index (κ1) is 19.5. The first-order valence-electron chi connectivity index (χ1n) is 9.59. The second-order valence-electron chi connectivity index (χ2n) is 8.21. The monoisotopic (exact) mass is 409 g/mol. The van der Waals surface area contributed by atoms with Crippen molar-refractivity contribution in [2.24, 2.45) is 0 Å². The molecule has 0 radical (unpaired) electrons. The Labute approximate surface area is 175 Å². The van der Waals surface area contributed by atoms with E-state index in [9.17, 15) is 4.79 Å². The van der Waals surface area contributed by atoms with Crippen LogP contribution in [0.15, 0.2) is 42.5 Å². The number of rotatable bonds is 4. The SMILES string of the molecule is COc1ccc(CNc2c3c(nc4ccccc24)CN(C(C)(C)C)C3=O)cc1Cl. The first-order chi connectivity index (χ1) is 13.8. The van der Waals surface area contributed by atoms with E-state index in [0.717, 1.165) is 27.8 Å². The predicted octanol–water partition coefficient (Wildman–Crippen LogP) is 5.26. The van der Waals surface area contributed by atoms with Crippen LogP contribution < -0.4 is 10.1 Å². The van der Waals surface area contributed by atoms with Gasteiger partial charge in [0.1, 0.15) is 5.75 Å². The average molecular weight is 410 g/mol. The van der Waals surface area contributed by atoms with Crippen LogP contribution in [0.3, 0.4) is 0 Å². The van der Waals surface area contributed by atoms with Gasteiger partial charge in [0.25, 0.3) is 5.91 Å². The molecule has 3 aromatic rings. The Morgan fingerprint density at radius 2 is 1.97 bits per heavy atom. The number of aromatic nitrogens is 1. The van der Waals surface area contributed by atoms with Gasteiger partial charge in [0, 0.05) is 17.5 Å². The Bertz CT molecular complexity index is 1110. The van der Waals surface area contributed by atoms with Gasteiger partial charge >= 0.3 is 0 Å². The smallest absolute Gasteiger partial charge is 0.258 e. The number of ether oxygens (including phenoxy) is 1. The molecule has 0 unspecified atom stereocenters. The molecule has 1 aliphatic heterocycles. The van der Waals surface area contributed by atoms with Gasteiger partial charge in [0.05, 0.1) is 41.1 Å². The van der Waals surface area contributed by atoms with Gasteiger partial charge in [-0.15, -0.1) is 0 Å². The van der Waals surface area contributed by atoms with Crippen molar-refractivity contribution in [3.8, 4) is 5.75 Å². The zero-order chi connectivity index (χ0) is 20.8. The van der Waals surface area contributed by atoms with E-state index in [1.165, 1.54) is 0 Å². The third-order valence-electron chi connectivity index (χ3n) is 5.23. The van der Waals surface area contributed by atoms with Gasteiger partial charge in [0.15, 0.2) is 0 Å². The number of methoxy groups -OCH3 is 1. The molecule has 1 amide bonds. The molecule has 0 aliphatic carbocycles. The first-order valence-corrected chi connectivity index (χ1v) is 9.97. The molecule has 150 valence electrons. The standard InChI is InChI=1S/C23H24ClN3O2/c1-23(2,3)27-13-18-20(22(27)28)21(15-7-5-6-8-17(15)26-18)25-12-14-9-10-19(29-4)16(24)11-14/h5-11H,12-13H2,1-4H3,(H,25,26). The van der Waals surface area contributed by atoms with E-state index >= 15 is 0 Å². The van der Waals surface area contributed by atoms with Crippen LogP contribution in [-0.2, 0) is 13.1 Å². The van der Waals surface area contributed by atoms with Gasteiger partial charge in [-0.1, -0.05) is 35.9 Å². The summed E-state index contributed by atoms with van der Waals surface area (Å²) in [5.41, 5.74) is 3.92. The van der Waals surface area contributed by atoms with Gasteiger partial charge in [-0.25, -0.2) is 4.98 Å². The van der Waals surface area contributed by atoms with Crippen LogP contribution in [0.1, 0.15) is 42.4 Å². The molecule has 6 heteroatoms. The number of carbonyl (C=O) groups is 1. The summed E-state index contributed by atoms with van der Waals surface area (Å²) in [7, 11) is 1.60. The molecule has 1 aromatic heterocycles. The summed E-state index contributed by atoms with van der Waals surface area (Å²) in [4.78, 5) is 19.9. The summed E-state index contributed by atoms with van der Waals surface area (Å²) in [6, 6.07) is 13.6. The molecule has 0 saturated heterocycles. The van der Waals surface area contributed by atoms with Crippen LogP contribution in [0, 0.1) is 0 Å². The lowest BCUT2D eigenvalue weighted by Gasteiger charge is -2.31. The zero-order valence-electron chi connectivity index (χ0n) is 17.0. The van der Waals surface area contributed by atoms with Crippen molar-refractivity contribution in [3.63, 3.8) is 0 Å². The van der Waals surface area contributed by atoms with Crippen LogP contribution in [0.5, 0.6) is 5.75 Å². The van der Waals surface area contributed by atoms with Gasteiger partial charge in [-0.3, -0.25) is 4.79 Å². The summed E-state index contributed by atoms with van der Waals surface area (Å²) in [6.07, 6.45) is 0. The second-order valence-corrected chi connectivity index (χ2v) is 8.62. The van der Waals surface area contributed by atoms with Gasteiger partial charge in [-0.05, 0) is 44.5 Å². The fraction of sp³-hybridized carbons (Fsp3) is 0.304. The highest BCUT2D eigenvalue weighted by atomic mass is 35.5. The topological polar surface area (TPSA) is 54.5 Å². The highest BCUT2D eigenvalue weighted by Crippen LogP contribution is 2.37. The Balaban J connectivity index is 1.75. The maximum Gasteiger partial charge on any atom is 0.258 e. The number of para-hydroxylation sites is 1. The maximum absolute atomic E-state index is 13.3. The number of halogens is 1. The molecule has 2 aromatic carbocycles. The van der Waals surface area contributed by atoms with Crippen molar-refractivity contribution in [3.05, 3.63) is 64.3 Å². The number of nitrogens with zero attached hydrogens (tertiary/aromatic N) is 2. The average Bonchev–Trinajstić information content (AvgIpc) is 3.02. The third kappa shape index (κ3) is 3.51. The van der Waals surface area contributed by atoms with Crippen LogP contribution in [0.25, 0.3) is 10.9 Å². The number of benzene rings is 2. The molecule has 1 N–H and O–H groups in total. The number of anilines is 1. The molecule has 4 rings (SSSR count). The minimum atomic E-state index is -0.273. The number of hydrogen-bond acceptors (Lipinski definition) is 4. The molecule has 0 fully saturated rings. The lowest BCUT2D eigenvalue weighted by atomic mass is 10.1. The van der Waals surface area contributed by atoms with Crippen molar-refractivity contribution < 1.29 is 9.53 Å². The molecule has 1 aliphatic rings. The summed E-state index contributed by atoms with van der Waals surface area (Å²) in [5.74, 6) is 0.655. The Morgan fingerprint density at radius 1 is 1.21 bits per heavy atom. The van der Waals surface area contributed by atoms with E-state index in [0.29, 0.717) is 29.4 Å². The highest BCUT2D eigenvalue weighted by molar-refractivity contribution is 6.32. The minimum Gasteiger partial charge on any atom is -0.495 e. The molecule has 0 saturated carbocycles. The van der Waals surface area contributed by atoms with Crippen LogP contribution >= 0.6 is 11.6 Å². The van der Waals surface area contributed by atoms with Gasteiger partial charge < -0.3 is 15.0 Å². The largest absolute Gasteiger partial charge is 0.495 e. The number of nitrogens with one attached hydrogen (secondary N) is 1.